The third kappa shape index (κ3) is 2.48. The Balaban J connectivity index is 1.86. The van der Waals surface area contributed by atoms with E-state index in [1.165, 1.54) is 5.56 Å². The van der Waals surface area contributed by atoms with Crippen LogP contribution in [0.2, 0.25) is 0 Å². The fraction of sp³-hybridized carbons (Fsp3) is 0.235. The Morgan fingerprint density at radius 2 is 1.65 bits per heavy atom. The Labute approximate surface area is 116 Å². The van der Waals surface area contributed by atoms with E-state index in [0.717, 1.165) is 36.6 Å². The number of hydrogen-bond donors (Lipinski definition) is 0. The predicted octanol–water partition coefficient (Wildman–Crippen LogP) is 3.95. The predicted molar refractivity (Wildman–Crippen MR) is 72.6 cm³/mol. The summed E-state index contributed by atoms with van der Waals surface area (Å²) in [5.41, 5.74) is 2.56. The largest absolute Gasteiger partial charge is 0.294 e. The van der Waals surface area contributed by atoms with Gasteiger partial charge in [-0.1, -0.05) is 24.3 Å². The number of carbonyl (C=O) groups is 1. The zero-order valence-electron chi connectivity index (χ0n) is 10.9. The van der Waals surface area contributed by atoms with Gasteiger partial charge in [-0.25, -0.2) is 8.78 Å². The molecule has 0 radical (unpaired) electrons. The van der Waals surface area contributed by atoms with Crippen molar-refractivity contribution in [3.05, 3.63) is 70.8 Å². The van der Waals surface area contributed by atoms with Gasteiger partial charge in [-0.15, -0.1) is 0 Å². The molecule has 1 unspecified atom stereocenters. The minimum absolute atomic E-state index is 0.131. The van der Waals surface area contributed by atoms with Crippen LogP contribution in [0.1, 0.15) is 27.9 Å². The van der Waals surface area contributed by atoms with Gasteiger partial charge in [0.15, 0.2) is 5.78 Å². The number of rotatable bonds is 2. The molecule has 0 saturated carbocycles. The first-order valence-corrected chi connectivity index (χ1v) is 6.70. The number of Topliss-reactive ketones (excluding diaryl/α,β-unsaturated/α-hetero) is 1. The van der Waals surface area contributed by atoms with Gasteiger partial charge < -0.3 is 0 Å². The highest BCUT2D eigenvalue weighted by atomic mass is 19.1. The first-order valence-electron chi connectivity index (χ1n) is 6.70. The van der Waals surface area contributed by atoms with Crippen molar-refractivity contribution >= 4 is 5.78 Å². The standard InChI is InChI=1S/C17H14F2O/c18-15-8-14(9-16(19)10-15)17(20)13-6-5-11-3-1-2-4-12(11)7-13/h1-4,8-10,13H,5-7H2. The van der Waals surface area contributed by atoms with Crippen LogP contribution in [0, 0.1) is 17.6 Å². The van der Waals surface area contributed by atoms with E-state index < -0.39 is 11.6 Å². The van der Waals surface area contributed by atoms with E-state index >= 15 is 0 Å². The molecule has 0 aliphatic heterocycles. The summed E-state index contributed by atoms with van der Waals surface area (Å²) in [6.45, 7) is 0. The van der Waals surface area contributed by atoms with E-state index in [1.807, 2.05) is 18.2 Å². The van der Waals surface area contributed by atoms with E-state index in [1.54, 1.807) is 0 Å². The lowest BCUT2D eigenvalue weighted by molar-refractivity contribution is 0.0908. The minimum atomic E-state index is -0.704. The Bertz CT molecular complexity index is 644. The first-order chi connectivity index (χ1) is 9.63. The first kappa shape index (κ1) is 13.0. The van der Waals surface area contributed by atoms with Crippen molar-refractivity contribution in [3.8, 4) is 0 Å². The average Bonchev–Trinajstić information content (AvgIpc) is 2.45. The van der Waals surface area contributed by atoms with Crippen LogP contribution in [-0.4, -0.2) is 5.78 Å². The van der Waals surface area contributed by atoms with Crippen LogP contribution in [-0.2, 0) is 12.8 Å². The summed E-state index contributed by atoms with van der Waals surface area (Å²) >= 11 is 0. The Morgan fingerprint density at radius 3 is 2.35 bits per heavy atom. The van der Waals surface area contributed by atoms with Gasteiger partial charge in [0.25, 0.3) is 0 Å². The van der Waals surface area contributed by atoms with Gasteiger partial charge in [-0.2, -0.15) is 0 Å². The number of hydrogen-bond acceptors (Lipinski definition) is 1. The van der Waals surface area contributed by atoms with Gasteiger partial charge in [0.1, 0.15) is 11.6 Å². The number of benzene rings is 2. The smallest absolute Gasteiger partial charge is 0.166 e. The summed E-state index contributed by atoms with van der Waals surface area (Å²) in [4.78, 5) is 12.4. The van der Waals surface area contributed by atoms with E-state index in [4.69, 9.17) is 0 Å². The SMILES string of the molecule is O=C(c1cc(F)cc(F)c1)C1CCc2ccccc2C1. The molecule has 0 aromatic heterocycles. The van der Waals surface area contributed by atoms with Crippen molar-refractivity contribution in [1.82, 2.24) is 0 Å². The van der Waals surface area contributed by atoms with Crippen molar-refractivity contribution in [2.45, 2.75) is 19.3 Å². The van der Waals surface area contributed by atoms with Crippen LogP contribution in [0.3, 0.4) is 0 Å². The number of aryl methyl sites for hydroxylation is 1. The number of carbonyl (C=O) groups excluding carboxylic acids is 1. The molecular formula is C17H14F2O. The highest BCUT2D eigenvalue weighted by Gasteiger charge is 2.25. The zero-order valence-corrected chi connectivity index (χ0v) is 10.9. The van der Waals surface area contributed by atoms with E-state index in [0.29, 0.717) is 6.42 Å². The second-order valence-corrected chi connectivity index (χ2v) is 5.23. The van der Waals surface area contributed by atoms with Crippen LogP contribution < -0.4 is 0 Å². The van der Waals surface area contributed by atoms with Crippen LogP contribution in [0.25, 0.3) is 0 Å². The van der Waals surface area contributed by atoms with Crippen molar-refractivity contribution in [2.75, 3.05) is 0 Å². The lowest BCUT2D eigenvalue weighted by Gasteiger charge is -2.23. The maximum atomic E-state index is 13.2. The quantitative estimate of drug-likeness (QED) is 0.756. The van der Waals surface area contributed by atoms with E-state index in [-0.39, 0.29) is 17.3 Å². The second-order valence-electron chi connectivity index (χ2n) is 5.23. The maximum Gasteiger partial charge on any atom is 0.166 e. The Kier molecular flexibility index (Phi) is 3.35. The van der Waals surface area contributed by atoms with Crippen molar-refractivity contribution in [3.63, 3.8) is 0 Å². The number of fused-ring (bicyclic) bond motifs is 1. The summed E-state index contributed by atoms with van der Waals surface area (Å²) in [5, 5.41) is 0. The van der Waals surface area contributed by atoms with E-state index in [9.17, 15) is 13.6 Å². The molecule has 0 fully saturated rings. The van der Waals surface area contributed by atoms with Crippen LogP contribution in [0.5, 0.6) is 0 Å². The molecule has 3 rings (SSSR count). The van der Waals surface area contributed by atoms with Crippen molar-refractivity contribution in [1.29, 1.82) is 0 Å². The lowest BCUT2D eigenvalue weighted by Crippen LogP contribution is -2.23. The molecule has 0 heterocycles. The molecule has 102 valence electrons. The monoisotopic (exact) mass is 272 g/mol. The Morgan fingerprint density at radius 1 is 1.00 bits per heavy atom. The molecule has 0 saturated heterocycles. The third-order valence-corrected chi connectivity index (χ3v) is 3.86. The molecule has 0 bridgehead atoms. The average molecular weight is 272 g/mol. The summed E-state index contributed by atoms with van der Waals surface area (Å²) in [6.07, 6.45) is 2.21. The molecule has 2 aromatic rings. The molecule has 1 nitrogen and oxygen atoms in total. The molecule has 1 atom stereocenters. The summed E-state index contributed by atoms with van der Waals surface area (Å²) < 4.78 is 26.4. The van der Waals surface area contributed by atoms with Crippen LogP contribution >= 0.6 is 0 Å². The number of ketones is 1. The van der Waals surface area contributed by atoms with Gasteiger partial charge in [0, 0.05) is 17.5 Å². The van der Waals surface area contributed by atoms with Gasteiger partial charge in [-0.05, 0) is 42.5 Å². The summed E-state index contributed by atoms with van der Waals surface area (Å²) in [5.74, 6) is -1.77. The fourth-order valence-corrected chi connectivity index (χ4v) is 2.85. The topological polar surface area (TPSA) is 17.1 Å². The molecule has 0 amide bonds. The van der Waals surface area contributed by atoms with Crippen LogP contribution in [0.4, 0.5) is 8.78 Å². The molecule has 0 spiro atoms. The Hall–Kier alpha value is -2.03. The van der Waals surface area contributed by atoms with Crippen molar-refractivity contribution < 1.29 is 13.6 Å². The lowest BCUT2D eigenvalue weighted by atomic mass is 9.80. The molecular weight excluding hydrogens is 258 g/mol. The minimum Gasteiger partial charge on any atom is -0.294 e. The van der Waals surface area contributed by atoms with Crippen molar-refractivity contribution in [2.24, 2.45) is 5.92 Å². The number of halogens is 2. The highest BCUT2D eigenvalue weighted by Crippen LogP contribution is 2.28. The third-order valence-electron chi connectivity index (χ3n) is 3.86. The normalized spacial score (nSPS) is 17.6. The molecule has 2 aromatic carbocycles. The van der Waals surface area contributed by atoms with Gasteiger partial charge >= 0.3 is 0 Å². The fourth-order valence-electron chi connectivity index (χ4n) is 2.85. The van der Waals surface area contributed by atoms with Gasteiger partial charge in [-0.3, -0.25) is 4.79 Å². The summed E-state index contributed by atoms with van der Waals surface area (Å²) in [7, 11) is 0. The van der Waals surface area contributed by atoms with Gasteiger partial charge in [0.2, 0.25) is 0 Å². The van der Waals surface area contributed by atoms with Gasteiger partial charge in [0.05, 0.1) is 0 Å². The molecule has 20 heavy (non-hydrogen) atoms. The molecule has 0 N–H and O–H groups in total. The second kappa shape index (κ2) is 5.16. The molecule has 1 aliphatic carbocycles. The maximum absolute atomic E-state index is 13.2. The molecule has 3 heteroatoms. The molecule has 1 aliphatic rings. The van der Waals surface area contributed by atoms with E-state index in [2.05, 4.69) is 6.07 Å². The highest BCUT2D eigenvalue weighted by molar-refractivity contribution is 5.98. The zero-order chi connectivity index (χ0) is 14.1. The summed E-state index contributed by atoms with van der Waals surface area (Å²) in [6, 6.07) is 11.0. The van der Waals surface area contributed by atoms with Crippen LogP contribution in [0.15, 0.2) is 42.5 Å².